The Hall–Kier alpha value is -2.67. The molecular weight excluding hydrogens is 354 g/mol. The number of aromatic amines is 1. The van der Waals surface area contributed by atoms with Crippen LogP contribution >= 0.6 is 11.3 Å². The Kier molecular flexibility index (Phi) is 6.52. The topological polar surface area (TPSA) is 85.5 Å². The van der Waals surface area contributed by atoms with E-state index in [0.29, 0.717) is 16.8 Å². The summed E-state index contributed by atoms with van der Waals surface area (Å²) >= 11 is 1.52. The van der Waals surface area contributed by atoms with E-state index in [1.165, 1.54) is 17.4 Å². The van der Waals surface area contributed by atoms with Crippen molar-refractivity contribution >= 4 is 35.1 Å². The highest BCUT2D eigenvalue weighted by molar-refractivity contribution is 7.11. The Labute approximate surface area is 155 Å². The van der Waals surface area contributed by atoms with Crippen LogP contribution in [0.2, 0.25) is 0 Å². The molecule has 0 atom stereocenters. The van der Waals surface area contributed by atoms with Gasteiger partial charge in [0.25, 0.3) is 0 Å². The number of thiophene rings is 1. The lowest BCUT2D eigenvalue weighted by molar-refractivity contribution is -0.136. The maximum atomic E-state index is 12.3. The van der Waals surface area contributed by atoms with E-state index in [-0.39, 0.29) is 12.3 Å². The Balaban J connectivity index is 2.01. The molecule has 0 unspecified atom stereocenters. The molecule has 0 aromatic carbocycles. The number of nitrogens with one attached hydrogen (secondary N) is 1. The van der Waals surface area contributed by atoms with Crippen molar-refractivity contribution in [2.24, 2.45) is 0 Å². The van der Waals surface area contributed by atoms with Crippen LogP contribution in [0.1, 0.15) is 49.5 Å². The molecule has 6 nitrogen and oxygen atoms in total. The maximum absolute atomic E-state index is 12.3. The van der Waals surface area contributed by atoms with Crippen molar-refractivity contribution in [2.45, 2.75) is 27.7 Å². The SMILES string of the molecule is CCOC(=O)c1c(C)[nH]c(C(=O)COC(=O)/C=C/c2sccc2C)c1C. The first-order chi connectivity index (χ1) is 12.3. The summed E-state index contributed by atoms with van der Waals surface area (Å²) in [6, 6.07) is 1.96. The average Bonchev–Trinajstić information content (AvgIpc) is 3.13. The third-order valence-electron chi connectivity index (χ3n) is 3.81. The fourth-order valence-corrected chi connectivity index (χ4v) is 3.31. The summed E-state index contributed by atoms with van der Waals surface area (Å²) < 4.78 is 10.00. The number of ether oxygens (including phenoxy) is 2. The van der Waals surface area contributed by atoms with Crippen molar-refractivity contribution in [1.82, 2.24) is 4.98 Å². The molecule has 26 heavy (non-hydrogen) atoms. The lowest BCUT2D eigenvalue weighted by atomic mass is 10.1. The molecule has 2 rings (SSSR count). The number of esters is 2. The van der Waals surface area contributed by atoms with E-state index in [0.717, 1.165) is 10.4 Å². The summed E-state index contributed by atoms with van der Waals surface area (Å²) in [5.74, 6) is -1.49. The number of Topliss-reactive ketones (excluding diaryl/α,β-unsaturated/α-hetero) is 1. The second-order valence-electron chi connectivity index (χ2n) is 5.68. The Morgan fingerprint density at radius 3 is 2.54 bits per heavy atom. The van der Waals surface area contributed by atoms with Crippen LogP contribution in [0.5, 0.6) is 0 Å². The van der Waals surface area contributed by atoms with Crippen LogP contribution in [0.3, 0.4) is 0 Å². The first kappa shape index (κ1) is 19.7. The summed E-state index contributed by atoms with van der Waals surface area (Å²) in [5.41, 5.74) is 2.69. The van der Waals surface area contributed by atoms with Crippen LogP contribution in [0.15, 0.2) is 17.5 Å². The van der Waals surface area contributed by atoms with Gasteiger partial charge >= 0.3 is 11.9 Å². The lowest BCUT2D eigenvalue weighted by Gasteiger charge is -2.03. The van der Waals surface area contributed by atoms with Gasteiger partial charge in [0, 0.05) is 16.6 Å². The van der Waals surface area contributed by atoms with Crippen molar-refractivity contribution < 1.29 is 23.9 Å². The van der Waals surface area contributed by atoms with Gasteiger partial charge in [0.2, 0.25) is 5.78 Å². The molecule has 0 aliphatic heterocycles. The summed E-state index contributed by atoms with van der Waals surface area (Å²) in [7, 11) is 0. The Bertz CT molecular complexity index is 859. The van der Waals surface area contributed by atoms with E-state index in [1.807, 2.05) is 18.4 Å². The second kappa shape index (κ2) is 8.62. The van der Waals surface area contributed by atoms with Gasteiger partial charge in [-0.05, 0) is 56.3 Å². The third-order valence-corrected chi connectivity index (χ3v) is 4.80. The Morgan fingerprint density at radius 2 is 1.92 bits per heavy atom. The second-order valence-corrected chi connectivity index (χ2v) is 6.63. The molecule has 0 radical (unpaired) electrons. The minimum atomic E-state index is -0.599. The number of aromatic nitrogens is 1. The molecule has 2 aromatic rings. The van der Waals surface area contributed by atoms with Crippen molar-refractivity contribution in [3.05, 3.63) is 50.5 Å². The zero-order chi connectivity index (χ0) is 19.3. The normalized spacial score (nSPS) is 10.9. The molecule has 0 saturated heterocycles. The van der Waals surface area contributed by atoms with Crippen LogP contribution in [-0.4, -0.2) is 35.9 Å². The Morgan fingerprint density at radius 1 is 1.19 bits per heavy atom. The van der Waals surface area contributed by atoms with E-state index in [9.17, 15) is 14.4 Å². The zero-order valence-electron chi connectivity index (χ0n) is 15.2. The predicted octanol–water partition coefficient (Wildman–Crippen LogP) is 3.62. The van der Waals surface area contributed by atoms with Crippen molar-refractivity contribution in [3.63, 3.8) is 0 Å². The highest BCUT2D eigenvalue weighted by Crippen LogP contribution is 2.20. The molecule has 0 bridgehead atoms. The van der Waals surface area contributed by atoms with Gasteiger partial charge < -0.3 is 14.5 Å². The van der Waals surface area contributed by atoms with Crippen LogP contribution in [0.25, 0.3) is 6.08 Å². The van der Waals surface area contributed by atoms with Crippen LogP contribution in [0.4, 0.5) is 0 Å². The molecule has 0 aliphatic rings. The quantitative estimate of drug-likeness (QED) is 0.454. The monoisotopic (exact) mass is 375 g/mol. The van der Waals surface area contributed by atoms with Crippen LogP contribution in [-0.2, 0) is 14.3 Å². The highest BCUT2D eigenvalue weighted by Gasteiger charge is 2.23. The van der Waals surface area contributed by atoms with Gasteiger partial charge in [-0.25, -0.2) is 9.59 Å². The van der Waals surface area contributed by atoms with Gasteiger partial charge in [-0.1, -0.05) is 0 Å². The maximum Gasteiger partial charge on any atom is 0.340 e. The number of hydrogen-bond acceptors (Lipinski definition) is 6. The van der Waals surface area contributed by atoms with Crippen LogP contribution < -0.4 is 0 Å². The van der Waals surface area contributed by atoms with E-state index in [4.69, 9.17) is 9.47 Å². The van der Waals surface area contributed by atoms with Crippen molar-refractivity contribution in [2.75, 3.05) is 13.2 Å². The molecule has 7 heteroatoms. The minimum Gasteiger partial charge on any atom is -0.462 e. The molecule has 0 spiro atoms. The highest BCUT2D eigenvalue weighted by atomic mass is 32.1. The standard InChI is InChI=1S/C19H21NO5S/c1-5-24-19(23)17-12(3)18(20-13(17)4)14(21)10-25-16(22)7-6-15-11(2)8-9-26-15/h6-9,20H,5,10H2,1-4H3/b7-6+. The van der Waals surface area contributed by atoms with E-state index < -0.39 is 24.3 Å². The third kappa shape index (κ3) is 4.49. The van der Waals surface area contributed by atoms with Gasteiger partial charge in [-0.2, -0.15) is 0 Å². The van der Waals surface area contributed by atoms with Gasteiger partial charge in [0.05, 0.1) is 17.9 Å². The van der Waals surface area contributed by atoms with E-state index >= 15 is 0 Å². The molecule has 0 saturated carbocycles. The number of rotatable bonds is 7. The minimum absolute atomic E-state index is 0.247. The smallest absolute Gasteiger partial charge is 0.340 e. The molecule has 0 aliphatic carbocycles. The largest absolute Gasteiger partial charge is 0.462 e. The summed E-state index contributed by atoms with van der Waals surface area (Å²) in [6.07, 6.45) is 2.96. The molecule has 0 fully saturated rings. The fraction of sp³-hybridized carbons (Fsp3) is 0.316. The number of carbonyl (C=O) groups excluding carboxylic acids is 3. The molecule has 2 aromatic heterocycles. The van der Waals surface area contributed by atoms with E-state index in [2.05, 4.69) is 4.98 Å². The molecular formula is C19H21NO5S. The number of carbonyl (C=O) groups is 3. The van der Waals surface area contributed by atoms with Crippen LogP contribution in [0, 0.1) is 20.8 Å². The molecule has 2 heterocycles. The summed E-state index contributed by atoms with van der Waals surface area (Å²) in [6.45, 7) is 6.85. The first-order valence-corrected chi connectivity index (χ1v) is 9.01. The molecule has 0 amide bonds. The predicted molar refractivity (Wildman–Crippen MR) is 99.6 cm³/mol. The zero-order valence-corrected chi connectivity index (χ0v) is 16.0. The molecule has 1 N–H and O–H groups in total. The van der Waals surface area contributed by atoms with Gasteiger partial charge in [-0.15, -0.1) is 11.3 Å². The molecule has 138 valence electrons. The summed E-state index contributed by atoms with van der Waals surface area (Å²) in [5, 5.41) is 1.93. The first-order valence-electron chi connectivity index (χ1n) is 8.13. The van der Waals surface area contributed by atoms with Gasteiger partial charge in [-0.3, -0.25) is 4.79 Å². The fourth-order valence-electron chi connectivity index (χ4n) is 2.49. The van der Waals surface area contributed by atoms with Crippen molar-refractivity contribution in [3.8, 4) is 0 Å². The number of H-pyrrole nitrogens is 1. The number of aryl methyl sites for hydroxylation is 2. The number of hydrogen-bond donors (Lipinski definition) is 1. The van der Waals surface area contributed by atoms with Crippen molar-refractivity contribution in [1.29, 1.82) is 0 Å². The summed E-state index contributed by atoms with van der Waals surface area (Å²) in [4.78, 5) is 39.9. The van der Waals surface area contributed by atoms with Gasteiger partial charge in [0.15, 0.2) is 6.61 Å². The van der Waals surface area contributed by atoms with Gasteiger partial charge in [0.1, 0.15) is 0 Å². The van der Waals surface area contributed by atoms with E-state index in [1.54, 1.807) is 26.8 Å². The lowest BCUT2D eigenvalue weighted by Crippen LogP contribution is -2.14. The number of ketones is 1. The average molecular weight is 375 g/mol.